The summed E-state index contributed by atoms with van der Waals surface area (Å²) in [6, 6.07) is 25.9. The van der Waals surface area contributed by atoms with Gasteiger partial charge in [0.15, 0.2) is 0 Å². The Hall–Kier alpha value is -2.62. The van der Waals surface area contributed by atoms with Crippen molar-refractivity contribution in [2.75, 3.05) is 5.32 Å². The van der Waals surface area contributed by atoms with Gasteiger partial charge in [0, 0.05) is 22.7 Å². The fourth-order valence-corrected chi connectivity index (χ4v) is 3.61. The largest absolute Gasteiger partial charge is 0.325 e. The molecule has 3 N–H and O–H groups in total. The van der Waals surface area contributed by atoms with Crippen molar-refractivity contribution in [2.45, 2.75) is 31.2 Å². The summed E-state index contributed by atoms with van der Waals surface area (Å²) in [5, 5.41) is 2.97. The number of hydrogen-bond acceptors (Lipinski definition) is 2. The molecular weight excluding hydrogens is 368 g/mol. The van der Waals surface area contributed by atoms with Gasteiger partial charge in [-0.15, -0.1) is 12.4 Å². The van der Waals surface area contributed by atoms with E-state index in [1.165, 1.54) is 5.56 Å². The summed E-state index contributed by atoms with van der Waals surface area (Å²) in [6.45, 7) is 2.14. The quantitative estimate of drug-likeness (QED) is 0.591. The highest BCUT2D eigenvalue weighted by Gasteiger charge is 2.49. The van der Waals surface area contributed by atoms with Gasteiger partial charge >= 0.3 is 0 Å². The van der Waals surface area contributed by atoms with Gasteiger partial charge in [-0.2, -0.15) is 0 Å². The Morgan fingerprint density at radius 3 is 2.14 bits per heavy atom. The van der Waals surface area contributed by atoms with Crippen molar-refractivity contribution in [3.05, 3.63) is 90.0 Å². The molecule has 0 unspecified atom stereocenters. The molecule has 144 valence electrons. The lowest BCUT2D eigenvalue weighted by Crippen LogP contribution is -2.22. The van der Waals surface area contributed by atoms with Gasteiger partial charge in [0.1, 0.15) is 0 Å². The summed E-state index contributed by atoms with van der Waals surface area (Å²) in [5.74, 6) is 0.341. The fraction of sp³-hybridized carbons (Fsp3) is 0.208. The Morgan fingerprint density at radius 2 is 1.57 bits per heavy atom. The lowest BCUT2D eigenvalue weighted by atomic mass is 10.0. The van der Waals surface area contributed by atoms with Crippen molar-refractivity contribution < 1.29 is 4.79 Å². The van der Waals surface area contributed by atoms with E-state index in [4.69, 9.17) is 5.73 Å². The van der Waals surface area contributed by atoms with Crippen LogP contribution in [0.5, 0.6) is 0 Å². The lowest BCUT2D eigenvalue weighted by molar-refractivity contribution is 0.102. The van der Waals surface area contributed by atoms with Gasteiger partial charge in [0.2, 0.25) is 0 Å². The Morgan fingerprint density at radius 1 is 0.964 bits per heavy atom. The molecule has 0 saturated heterocycles. The average molecular weight is 393 g/mol. The molecule has 0 bridgehead atoms. The molecular formula is C24H25ClN2O. The van der Waals surface area contributed by atoms with Crippen molar-refractivity contribution >= 4 is 24.0 Å². The molecule has 3 nitrogen and oxygen atoms in total. The van der Waals surface area contributed by atoms with E-state index in [1.807, 2.05) is 54.6 Å². The highest BCUT2D eigenvalue weighted by Crippen LogP contribution is 2.51. The molecule has 4 heteroatoms. The number of hydrogen-bond donors (Lipinski definition) is 2. The highest BCUT2D eigenvalue weighted by atomic mass is 35.5. The minimum Gasteiger partial charge on any atom is -0.325 e. The SMILES string of the molecule is CC[C@]1(N)C[C@H]1c1ccc(NC(=O)c2ccc(-c3ccccc3)cc2)cc1.Cl. The number of carbonyl (C=O) groups is 1. The van der Waals surface area contributed by atoms with E-state index in [0.29, 0.717) is 11.5 Å². The van der Waals surface area contributed by atoms with Gasteiger partial charge in [0.05, 0.1) is 0 Å². The maximum absolute atomic E-state index is 12.5. The van der Waals surface area contributed by atoms with Gasteiger partial charge < -0.3 is 11.1 Å². The van der Waals surface area contributed by atoms with Crippen LogP contribution in [0, 0.1) is 0 Å². The molecule has 1 amide bonds. The van der Waals surface area contributed by atoms with Crippen molar-refractivity contribution in [3.8, 4) is 11.1 Å². The number of nitrogens with two attached hydrogens (primary N) is 1. The second-order valence-electron chi connectivity index (χ2n) is 7.36. The molecule has 3 aromatic rings. The van der Waals surface area contributed by atoms with E-state index >= 15 is 0 Å². The number of amides is 1. The topological polar surface area (TPSA) is 55.1 Å². The van der Waals surface area contributed by atoms with Crippen molar-refractivity contribution in [2.24, 2.45) is 5.73 Å². The first-order valence-electron chi connectivity index (χ1n) is 9.45. The van der Waals surface area contributed by atoms with E-state index in [9.17, 15) is 4.79 Å². The molecule has 0 radical (unpaired) electrons. The number of benzene rings is 3. The molecule has 1 fully saturated rings. The number of rotatable bonds is 5. The zero-order valence-electron chi connectivity index (χ0n) is 15.9. The van der Waals surface area contributed by atoms with E-state index in [2.05, 4.69) is 36.5 Å². The predicted octanol–water partition coefficient (Wildman–Crippen LogP) is 5.62. The molecule has 1 aliphatic rings. The Bertz CT molecular complexity index is 939. The molecule has 1 saturated carbocycles. The van der Waals surface area contributed by atoms with Crippen LogP contribution in [0.4, 0.5) is 5.69 Å². The van der Waals surface area contributed by atoms with Gasteiger partial charge in [-0.3, -0.25) is 4.79 Å². The molecule has 1 aliphatic carbocycles. The standard InChI is InChI=1S/C24H24N2O.ClH/c1-2-24(25)16-22(24)19-12-14-21(15-13-19)26-23(27)20-10-8-18(9-11-20)17-6-4-3-5-7-17;/h3-15,22H,2,16,25H2,1H3,(H,26,27);1H/t22-,24-;/m0./s1. The molecule has 0 heterocycles. The second-order valence-corrected chi connectivity index (χ2v) is 7.36. The van der Waals surface area contributed by atoms with E-state index in [1.54, 1.807) is 0 Å². The summed E-state index contributed by atoms with van der Waals surface area (Å²) in [4.78, 5) is 12.5. The maximum atomic E-state index is 12.5. The minimum absolute atomic E-state index is 0. The van der Waals surface area contributed by atoms with E-state index < -0.39 is 0 Å². The summed E-state index contributed by atoms with van der Waals surface area (Å²) in [5.41, 5.74) is 11.2. The lowest BCUT2D eigenvalue weighted by Gasteiger charge is -2.10. The molecule has 3 aromatic carbocycles. The first-order valence-corrected chi connectivity index (χ1v) is 9.45. The fourth-order valence-electron chi connectivity index (χ4n) is 3.61. The van der Waals surface area contributed by atoms with E-state index in [-0.39, 0.29) is 23.9 Å². The van der Waals surface area contributed by atoms with Crippen molar-refractivity contribution in [1.29, 1.82) is 0 Å². The summed E-state index contributed by atoms with van der Waals surface area (Å²) >= 11 is 0. The number of nitrogens with one attached hydrogen (secondary N) is 1. The van der Waals surface area contributed by atoms with Gasteiger partial charge in [-0.1, -0.05) is 61.5 Å². The molecule has 28 heavy (non-hydrogen) atoms. The summed E-state index contributed by atoms with van der Waals surface area (Å²) < 4.78 is 0. The molecule has 2 atom stereocenters. The summed E-state index contributed by atoms with van der Waals surface area (Å²) in [6.07, 6.45) is 2.04. The van der Waals surface area contributed by atoms with Gasteiger partial charge in [-0.25, -0.2) is 0 Å². The monoisotopic (exact) mass is 392 g/mol. The normalized spacial score (nSPS) is 20.1. The number of carbonyl (C=O) groups excluding carboxylic acids is 1. The third-order valence-corrected chi connectivity index (χ3v) is 5.60. The van der Waals surface area contributed by atoms with Crippen LogP contribution in [0.15, 0.2) is 78.9 Å². The van der Waals surface area contributed by atoms with Crippen molar-refractivity contribution in [3.63, 3.8) is 0 Å². The third-order valence-electron chi connectivity index (χ3n) is 5.60. The first kappa shape index (κ1) is 20.1. The number of halogens is 1. The molecule has 0 aliphatic heterocycles. The molecule has 0 spiro atoms. The smallest absolute Gasteiger partial charge is 0.255 e. The Kier molecular flexibility index (Phi) is 5.87. The van der Waals surface area contributed by atoms with Gasteiger partial charge in [-0.05, 0) is 53.8 Å². The second kappa shape index (κ2) is 8.17. The van der Waals surface area contributed by atoms with Crippen LogP contribution in [0.3, 0.4) is 0 Å². The Labute approximate surface area is 172 Å². The average Bonchev–Trinajstić information content (AvgIpc) is 3.41. The van der Waals surface area contributed by atoms with Crippen LogP contribution in [-0.4, -0.2) is 11.4 Å². The van der Waals surface area contributed by atoms with Crippen LogP contribution in [-0.2, 0) is 0 Å². The van der Waals surface area contributed by atoms with Crippen LogP contribution in [0.25, 0.3) is 11.1 Å². The highest BCUT2D eigenvalue weighted by molar-refractivity contribution is 6.04. The van der Waals surface area contributed by atoms with Crippen LogP contribution < -0.4 is 11.1 Å². The molecule has 4 rings (SSSR count). The summed E-state index contributed by atoms with van der Waals surface area (Å²) in [7, 11) is 0. The van der Waals surface area contributed by atoms with Crippen LogP contribution >= 0.6 is 12.4 Å². The van der Waals surface area contributed by atoms with E-state index in [0.717, 1.165) is 29.7 Å². The minimum atomic E-state index is -0.101. The zero-order chi connectivity index (χ0) is 18.9. The first-order chi connectivity index (χ1) is 13.1. The predicted molar refractivity (Wildman–Crippen MR) is 118 cm³/mol. The Balaban J connectivity index is 0.00000225. The zero-order valence-corrected chi connectivity index (χ0v) is 16.7. The van der Waals surface area contributed by atoms with Crippen LogP contribution in [0.1, 0.15) is 41.6 Å². The van der Waals surface area contributed by atoms with Crippen LogP contribution in [0.2, 0.25) is 0 Å². The number of anilines is 1. The third kappa shape index (κ3) is 4.11. The molecule has 0 aromatic heterocycles. The van der Waals surface area contributed by atoms with Gasteiger partial charge in [0.25, 0.3) is 5.91 Å². The van der Waals surface area contributed by atoms with Crippen molar-refractivity contribution in [1.82, 2.24) is 0 Å². The maximum Gasteiger partial charge on any atom is 0.255 e.